The lowest BCUT2D eigenvalue weighted by molar-refractivity contribution is 0.145. The predicted molar refractivity (Wildman–Crippen MR) is 73.7 cm³/mol. The Labute approximate surface area is 116 Å². The average molecular weight is 283 g/mol. The second-order valence-electron chi connectivity index (χ2n) is 4.52. The summed E-state index contributed by atoms with van der Waals surface area (Å²) in [6.07, 6.45) is 1.65. The van der Waals surface area contributed by atoms with E-state index in [4.69, 9.17) is 4.74 Å². The molecule has 0 radical (unpaired) electrons. The predicted octanol–water partition coefficient (Wildman–Crippen LogP) is 2.40. The molecule has 0 aliphatic rings. The summed E-state index contributed by atoms with van der Waals surface area (Å²) < 4.78 is 31.4. The molecule has 2 N–H and O–H groups in total. The van der Waals surface area contributed by atoms with Crippen molar-refractivity contribution in [2.24, 2.45) is 0 Å². The van der Waals surface area contributed by atoms with Crippen molar-refractivity contribution in [3.8, 4) is 0 Å². The molecule has 0 unspecified atom stereocenters. The van der Waals surface area contributed by atoms with Crippen LogP contribution in [0.1, 0.15) is 19.2 Å². The molecule has 1 heterocycles. The minimum Gasteiger partial charge on any atom is -0.382 e. The third-order valence-corrected chi connectivity index (χ3v) is 2.96. The van der Waals surface area contributed by atoms with Gasteiger partial charge in [-0.1, -0.05) is 0 Å². The molecule has 20 heavy (non-hydrogen) atoms. The number of imidazole rings is 1. The first-order valence-corrected chi connectivity index (χ1v) is 6.82. The molecule has 0 bridgehead atoms. The van der Waals surface area contributed by atoms with E-state index < -0.39 is 11.6 Å². The molecule has 4 nitrogen and oxygen atoms in total. The highest BCUT2D eigenvalue weighted by atomic mass is 19.2. The van der Waals surface area contributed by atoms with Crippen molar-refractivity contribution in [3.63, 3.8) is 0 Å². The molecule has 0 saturated heterocycles. The van der Waals surface area contributed by atoms with Crippen LogP contribution in [-0.4, -0.2) is 36.3 Å². The van der Waals surface area contributed by atoms with Crippen molar-refractivity contribution in [3.05, 3.63) is 29.6 Å². The lowest BCUT2D eigenvalue weighted by Crippen LogP contribution is -2.20. The maximum atomic E-state index is 13.1. The molecule has 0 atom stereocenters. The summed E-state index contributed by atoms with van der Waals surface area (Å²) in [5.74, 6) is -1.01. The van der Waals surface area contributed by atoms with Crippen LogP contribution in [0.4, 0.5) is 8.78 Å². The molecule has 0 spiro atoms. The fourth-order valence-corrected chi connectivity index (χ4v) is 1.95. The quantitative estimate of drug-likeness (QED) is 0.731. The Hall–Kier alpha value is -1.53. The number of aromatic amines is 1. The monoisotopic (exact) mass is 283 g/mol. The number of nitrogens with zero attached hydrogens (tertiary/aromatic N) is 1. The minimum atomic E-state index is -0.871. The number of halogens is 2. The van der Waals surface area contributed by atoms with Gasteiger partial charge in [-0.25, -0.2) is 13.8 Å². The van der Waals surface area contributed by atoms with Gasteiger partial charge in [-0.15, -0.1) is 0 Å². The van der Waals surface area contributed by atoms with Crippen LogP contribution in [0, 0.1) is 11.6 Å². The number of rotatable bonds is 8. The van der Waals surface area contributed by atoms with E-state index in [2.05, 4.69) is 15.3 Å². The number of aromatic nitrogens is 2. The minimum absolute atomic E-state index is 0.454. The Bertz CT molecular complexity index is 518. The SMILES string of the molecule is CCOCCCNCCc1nc2cc(F)c(F)cc2[nH]1. The van der Waals surface area contributed by atoms with Crippen LogP contribution < -0.4 is 5.32 Å². The third kappa shape index (κ3) is 3.98. The van der Waals surface area contributed by atoms with Crippen LogP contribution >= 0.6 is 0 Å². The molecule has 2 rings (SSSR count). The van der Waals surface area contributed by atoms with E-state index in [1.165, 1.54) is 0 Å². The highest BCUT2D eigenvalue weighted by Gasteiger charge is 2.08. The summed E-state index contributed by atoms with van der Waals surface area (Å²) in [5, 5.41) is 3.27. The van der Waals surface area contributed by atoms with Crippen molar-refractivity contribution in [2.45, 2.75) is 19.8 Å². The lowest BCUT2D eigenvalue weighted by Gasteiger charge is -2.03. The first-order chi connectivity index (χ1) is 9.70. The summed E-state index contributed by atoms with van der Waals surface area (Å²) >= 11 is 0. The summed E-state index contributed by atoms with van der Waals surface area (Å²) in [6.45, 7) is 5.11. The number of H-pyrrole nitrogens is 1. The van der Waals surface area contributed by atoms with Gasteiger partial charge in [0.25, 0.3) is 0 Å². The smallest absolute Gasteiger partial charge is 0.161 e. The number of benzene rings is 1. The number of nitrogens with one attached hydrogen (secondary N) is 2. The van der Waals surface area contributed by atoms with Gasteiger partial charge in [-0.2, -0.15) is 0 Å². The molecule has 6 heteroatoms. The van der Waals surface area contributed by atoms with Gasteiger partial charge >= 0.3 is 0 Å². The van der Waals surface area contributed by atoms with Gasteiger partial charge < -0.3 is 15.0 Å². The number of hydrogen-bond donors (Lipinski definition) is 2. The van der Waals surface area contributed by atoms with Gasteiger partial charge in [-0.05, 0) is 19.9 Å². The van der Waals surface area contributed by atoms with Gasteiger partial charge in [0, 0.05) is 38.3 Å². The van der Waals surface area contributed by atoms with E-state index in [1.807, 2.05) is 6.92 Å². The highest BCUT2D eigenvalue weighted by Crippen LogP contribution is 2.16. The van der Waals surface area contributed by atoms with Crippen LogP contribution in [0.15, 0.2) is 12.1 Å². The Morgan fingerprint density at radius 3 is 2.85 bits per heavy atom. The van der Waals surface area contributed by atoms with Crippen molar-refractivity contribution >= 4 is 11.0 Å². The van der Waals surface area contributed by atoms with E-state index in [0.717, 1.165) is 50.7 Å². The molecule has 1 aromatic heterocycles. The Kier molecular flexibility index (Phi) is 5.43. The maximum absolute atomic E-state index is 13.1. The number of fused-ring (bicyclic) bond motifs is 1. The van der Waals surface area contributed by atoms with Crippen molar-refractivity contribution in [2.75, 3.05) is 26.3 Å². The second-order valence-corrected chi connectivity index (χ2v) is 4.52. The summed E-state index contributed by atoms with van der Waals surface area (Å²) in [4.78, 5) is 7.23. The van der Waals surface area contributed by atoms with E-state index in [9.17, 15) is 8.78 Å². The lowest BCUT2D eigenvalue weighted by atomic mass is 10.3. The maximum Gasteiger partial charge on any atom is 0.161 e. The van der Waals surface area contributed by atoms with E-state index in [1.54, 1.807) is 0 Å². The van der Waals surface area contributed by atoms with Gasteiger partial charge in [0.15, 0.2) is 11.6 Å². The topological polar surface area (TPSA) is 49.9 Å². The van der Waals surface area contributed by atoms with Crippen LogP contribution in [-0.2, 0) is 11.2 Å². The largest absolute Gasteiger partial charge is 0.382 e. The summed E-state index contributed by atoms with van der Waals surface area (Å²) in [5.41, 5.74) is 0.977. The fourth-order valence-electron chi connectivity index (χ4n) is 1.95. The first-order valence-electron chi connectivity index (χ1n) is 6.82. The van der Waals surface area contributed by atoms with Gasteiger partial charge in [0.1, 0.15) is 5.82 Å². The zero-order valence-corrected chi connectivity index (χ0v) is 11.5. The molecule has 0 aliphatic carbocycles. The Morgan fingerprint density at radius 1 is 1.25 bits per heavy atom. The van der Waals surface area contributed by atoms with Crippen molar-refractivity contribution in [1.82, 2.24) is 15.3 Å². The van der Waals surface area contributed by atoms with Crippen molar-refractivity contribution in [1.29, 1.82) is 0 Å². The van der Waals surface area contributed by atoms with Crippen LogP contribution in [0.3, 0.4) is 0 Å². The molecule has 0 aliphatic heterocycles. The summed E-state index contributed by atoms with van der Waals surface area (Å²) in [6, 6.07) is 2.25. The van der Waals surface area contributed by atoms with Crippen molar-refractivity contribution < 1.29 is 13.5 Å². The standard InChI is InChI=1S/C14H19F2N3O/c1-2-20-7-3-5-17-6-4-14-18-12-8-10(15)11(16)9-13(12)19-14/h8-9,17H,2-7H2,1H3,(H,18,19). The first kappa shape index (κ1) is 14.9. The third-order valence-electron chi connectivity index (χ3n) is 2.96. The molecule has 110 valence electrons. The molecule has 1 aromatic carbocycles. The van der Waals surface area contributed by atoms with Gasteiger partial charge in [0.2, 0.25) is 0 Å². The molecular formula is C14H19F2N3O. The van der Waals surface area contributed by atoms with Gasteiger partial charge in [-0.3, -0.25) is 0 Å². The zero-order chi connectivity index (χ0) is 14.4. The highest BCUT2D eigenvalue weighted by molar-refractivity contribution is 5.75. The van der Waals surface area contributed by atoms with Crippen LogP contribution in [0.2, 0.25) is 0 Å². The number of ether oxygens (including phenoxy) is 1. The Morgan fingerprint density at radius 2 is 2.05 bits per heavy atom. The van der Waals surface area contributed by atoms with Crippen LogP contribution in [0.25, 0.3) is 11.0 Å². The number of hydrogen-bond acceptors (Lipinski definition) is 3. The molecule has 0 saturated carbocycles. The summed E-state index contributed by atoms with van der Waals surface area (Å²) in [7, 11) is 0. The van der Waals surface area contributed by atoms with Gasteiger partial charge in [0.05, 0.1) is 11.0 Å². The fraction of sp³-hybridized carbons (Fsp3) is 0.500. The molecule has 0 amide bonds. The average Bonchev–Trinajstić information content (AvgIpc) is 2.80. The van der Waals surface area contributed by atoms with E-state index in [0.29, 0.717) is 17.5 Å². The van der Waals surface area contributed by atoms with Crippen LogP contribution in [0.5, 0.6) is 0 Å². The molecule has 2 aromatic rings. The molecular weight excluding hydrogens is 264 g/mol. The van der Waals surface area contributed by atoms with E-state index >= 15 is 0 Å². The molecule has 0 fully saturated rings. The second kappa shape index (κ2) is 7.31. The Balaban J connectivity index is 1.79. The van der Waals surface area contributed by atoms with E-state index in [-0.39, 0.29) is 0 Å². The normalized spacial score (nSPS) is 11.3. The zero-order valence-electron chi connectivity index (χ0n) is 11.5.